The fourth-order valence-electron chi connectivity index (χ4n) is 2.20. The molecule has 0 aliphatic carbocycles. The van der Waals surface area contributed by atoms with Gasteiger partial charge in [0.05, 0.1) is 17.9 Å². The first kappa shape index (κ1) is 12.7. The van der Waals surface area contributed by atoms with Gasteiger partial charge in [0.25, 0.3) is 0 Å². The van der Waals surface area contributed by atoms with E-state index in [0.717, 1.165) is 25.9 Å². The molecule has 1 aliphatic rings. The van der Waals surface area contributed by atoms with E-state index in [9.17, 15) is 9.18 Å². The number of anilines is 2. The first-order valence-electron chi connectivity index (χ1n) is 6.12. The number of halogens is 1. The molecule has 1 aliphatic heterocycles. The molecule has 2 N–H and O–H groups in total. The van der Waals surface area contributed by atoms with Gasteiger partial charge in [-0.2, -0.15) is 0 Å². The van der Waals surface area contributed by atoms with Gasteiger partial charge in [-0.15, -0.1) is 0 Å². The van der Waals surface area contributed by atoms with Crippen molar-refractivity contribution >= 4 is 17.3 Å². The van der Waals surface area contributed by atoms with Gasteiger partial charge in [0, 0.05) is 20.1 Å². The average molecular weight is 251 g/mol. The lowest BCUT2D eigenvalue weighted by Crippen LogP contribution is -2.37. The predicted molar refractivity (Wildman–Crippen MR) is 69.9 cm³/mol. The molecule has 5 heteroatoms. The fourth-order valence-corrected chi connectivity index (χ4v) is 2.20. The number of likely N-dealkylation sites (tertiary alicyclic amines) is 1. The number of likely N-dealkylation sites (N-methyl/N-ethyl adjacent to an activating group) is 1. The summed E-state index contributed by atoms with van der Waals surface area (Å²) in [5.41, 5.74) is 6.82. The summed E-state index contributed by atoms with van der Waals surface area (Å²) in [4.78, 5) is 15.5. The number of benzene rings is 1. The highest BCUT2D eigenvalue weighted by molar-refractivity contribution is 5.83. The minimum absolute atomic E-state index is 0.0682. The van der Waals surface area contributed by atoms with Crippen molar-refractivity contribution < 1.29 is 9.18 Å². The van der Waals surface area contributed by atoms with Crippen LogP contribution in [0.5, 0.6) is 0 Å². The topological polar surface area (TPSA) is 49.6 Å². The van der Waals surface area contributed by atoms with Crippen LogP contribution in [0.2, 0.25) is 0 Å². The molecule has 1 aromatic rings. The molecular formula is C13H18FN3O. The summed E-state index contributed by atoms with van der Waals surface area (Å²) in [6.07, 6.45) is 2.13. The number of nitrogens with zero attached hydrogens (tertiary/aromatic N) is 2. The molecule has 1 aromatic carbocycles. The first-order chi connectivity index (χ1) is 8.58. The molecule has 1 saturated heterocycles. The number of hydrogen-bond acceptors (Lipinski definition) is 3. The third-order valence-electron chi connectivity index (χ3n) is 3.23. The molecule has 1 fully saturated rings. The van der Waals surface area contributed by atoms with E-state index in [0.29, 0.717) is 11.4 Å². The van der Waals surface area contributed by atoms with E-state index < -0.39 is 0 Å². The van der Waals surface area contributed by atoms with Crippen molar-refractivity contribution in [3.8, 4) is 0 Å². The van der Waals surface area contributed by atoms with Gasteiger partial charge in [-0.3, -0.25) is 4.79 Å². The summed E-state index contributed by atoms with van der Waals surface area (Å²) in [7, 11) is 1.75. The largest absolute Gasteiger partial charge is 0.397 e. The summed E-state index contributed by atoms with van der Waals surface area (Å²) in [6.45, 7) is 1.88. The molecule has 4 nitrogen and oxygen atoms in total. The van der Waals surface area contributed by atoms with Gasteiger partial charge in [-0.05, 0) is 31.0 Å². The van der Waals surface area contributed by atoms with Gasteiger partial charge in [0.15, 0.2) is 0 Å². The van der Waals surface area contributed by atoms with E-state index in [1.54, 1.807) is 11.9 Å². The number of carbonyl (C=O) groups is 1. The second-order valence-corrected chi connectivity index (χ2v) is 4.65. The van der Waals surface area contributed by atoms with Crippen molar-refractivity contribution in [3.05, 3.63) is 24.0 Å². The van der Waals surface area contributed by atoms with E-state index in [4.69, 9.17) is 5.73 Å². The molecule has 0 aromatic heterocycles. The minimum Gasteiger partial charge on any atom is -0.397 e. The van der Waals surface area contributed by atoms with E-state index >= 15 is 0 Å². The molecule has 0 bridgehead atoms. The Labute approximate surface area is 106 Å². The van der Waals surface area contributed by atoms with Crippen LogP contribution in [0.4, 0.5) is 15.8 Å². The van der Waals surface area contributed by atoms with Crippen LogP contribution in [0.1, 0.15) is 12.8 Å². The van der Waals surface area contributed by atoms with Crippen LogP contribution in [0.3, 0.4) is 0 Å². The molecule has 0 spiro atoms. The molecule has 1 amide bonds. The summed E-state index contributed by atoms with van der Waals surface area (Å²) < 4.78 is 13.2. The average Bonchev–Trinajstić information content (AvgIpc) is 2.85. The number of amides is 1. The van der Waals surface area contributed by atoms with Gasteiger partial charge in [0.1, 0.15) is 5.82 Å². The summed E-state index contributed by atoms with van der Waals surface area (Å²) in [5.74, 6) is -0.279. The van der Waals surface area contributed by atoms with Gasteiger partial charge in [-0.1, -0.05) is 0 Å². The summed E-state index contributed by atoms with van der Waals surface area (Å²) in [6, 6.07) is 4.18. The summed E-state index contributed by atoms with van der Waals surface area (Å²) in [5, 5.41) is 0. The van der Waals surface area contributed by atoms with Crippen molar-refractivity contribution in [2.75, 3.05) is 37.3 Å². The van der Waals surface area contributed by atoms with Crippen molar-refractivity contribution in [1.29, 1.82) is 0 Å². The number of nitrogens with two attached hydrogens (primary N) is 1. The van der Waals surface area contributed by atoms with Gasteiger partial charge >= 0.3 is 0 Å². The highest BCUT2D eigenvalue weighted by atomic mass is 19.1. The molecular weight excluding hydrogens is 233 g/mol. The lowest BCUT2D eigenvalue weighted by atomic mass is 10.2. The monoisotopic (exact) mass is 251 g/mol. The Morgan fingerprint density at radius 3 is 2.78 bits per heavy atom. The molecule has 1 heterocycles. The fraction of sp³-hybridized carbons (Fsp3) is 0.462. The molecule has 0 atom stereocenters. The van der Waals surface area contributed by atoms with Crippen molar-refractivity contribution in [3.63, 3.8) is 0 Å². The Bertz CT molecular complexity index is 444. The number of carbonyl (C=O) groups excluding carboxylic acids is 1. The molecule has 98 valence electrons. The van der Waals surface area contributed by atoms with E-state index in [-0.39, 0.29) is 18.3 Å². The molecule has 18 heavy (non-hydrogen) atoms. The zero-order chi connectivity index (χ0) is 13.1. The second-order valence-electron chi connectivity index (χ2n) is 4.65. The van der Waals surface area contributed by atoms with Crippen LogP contribution in [-0.4, -0.2) is 37.5 Å². The normalized spacial score (nSPS) is 14.9. The predicted octanol–water partition coefficient (Wildman–Crippen LogP) is 1.47. The van der Waals surface area contributed by atoms with Gasteiger partial charge in [0.2, 0.25) is 5.91 Å². The second kappa shape index (κ2) is 5.25. The highest BCUT2D eigenvalue weighted by Gasteiger charge is 2.19. The van der Waals surface area contributed by atoms with Crippen LogP contribution < -0.4 is 10.6 Å². The Balaban J connectivity index is 2.04. The minimum atomic E-state index is -0.348. The van der Waals surface area contributed by atoms with Crippen LogP contribution in [-0.2, 0) is 4.79 Å². The smallest absolute Gasteiger partial charge is 0.242 e. The van der Waals surface area contributed by atoms with Crippen LogP contribution in [0.15, 0.2) is 18.2 Å². The first-order valence-corrected chi connectivity index (χ1v) is 6.12. The maximum atomic E-state index is 13.2. The van der Waals surface area contributed by atoms with Crippen molar-refractivity contribution in [1.82, 2.24) is 4.90 Å². The lowest BCUT2D eigenvalue weighted by Gasteiger charge is -2.23. The Kier molecular flexibility index (Phi) is 3.69. The van der Waals surface area contributed by atoms with Crippen LogP contribution in [0.25, 0.3) is 0 Å². The maximum absolute atomic E-state index is 13.2. The Morgan fingerprint density at radius 1 is 1.44 bits per heavy atom. The maximum Gasteiger partial charge on any atom is 0.242 e. The van der Waals surface area contributed by atoms with Gasteiger partial charge in [-0.25, -0.2) is 4.39 Å². The van der Waals surface area contributed by atoms with Crippen LogP contribution in [0, 0.1) is 5.82 Å². The molecule has 0 radical (unpaired) electrons. The molecule has 0 saturated carbocycles. The van der Waals surface area contributed by atoms with Gasteiger partial charge < -0.3 is 15.5 Å². The zero-order valence-corrected chi connectivity index (χ0v) is 10.5. The van der Waals surface area contributed by atoms with Crippen LogP contribution >= 0.6 is 0 Å². The van der Waals surface area contributed by atoms with E-state index in [1.807, 2.05) is 4.90 Å². The van der Waals surface area contributed by atoms with Crippen molar-refractivity contribution in [2.45, 2.75) is 12.8 Å². The SMILES string of the molecule is CN(CC(=O)N1CCCC1)c1cc(F)ccc1N. The summed E-state index contributed by atoms with van der Waals surface area (Å²) >= 11 is 0. The van der Waals surface area contributed by atoms with Crippen molar-refractivity contribution in [2.24, 2.45) is 0 Å². The number of nitrogen functional groups attached to an aromatic ring is 1. The number of rotatable bonds is 3. The number of hydrogen-bond donors (Lipinski definition) is 1. The molecule has 2 rings (SSSR count). The quantitative estimate of drug-likeness (QED) is 0.828. The highest BCUT2D eigenvalue weighted by Crippen LogP contribution is 2.23. The third kappa shape index (κ3) is 2.72. The lowest BCUT2D eigenvalue weighted by molar-refractivity contribution is -0.128. The Morgan fingerprint density at radius 2 is 2.11 bits per heavy atom. The molecule has 0 unspecified atom stereocenters. The van der Waals surface area contributed by atoms with E-state index in [2.05, 4.69) is 0 Å². The standard InChI is InChI=1S/C13H18FN3O/c1-16(9-13(18)17-6-2-3-7-17)12-8-10(14)4-5-11(12)15/h4-5,8H,2-3,6-7,9,15H2,1H3. The van der Waals surface area contributed by atoms with E-state index in [1.165, 1.54) is 18.2 Å². The zero-order valence-electron chi connectivity index (χ0n) is 10.5. The Hall–Kier alpha value is -1.78. The third-order valence-corrected chi connectivity index (χ3v) is 3.23.